The Morgan fingerprint density at radius 3 is 2.10 bits per heavy atom. The second-order valence-corrected chi connectivity index (χ2v) is 11.4. The quantitative estimate of drug-likeness (QED) is 0.485. The highest BCUT2D eigenvalue weighted by molar-refractivity contribution is 7.92. The number of rotatable bonds is 7. The summed E-state index contributed by atoms with van der Waals surface area (Å²) in [5.74, 6) is -0.429. The van der Waals surface area contributed by atoms with Crippen molar-refractivity contribution in [1.29, 1.82) is 0 Å². The lowest BCUT2D eigenvalue weighted by atomic mass is 10.1. The summed E-state index contributed by atoms with van der Waals surface area (Å²) < 4.78 is 52.9. The Hall–Kier alpha value is -2.55. The summed E-state index contributed by atoms with van der Waals surface area (Å²) in [6, 6.07) is 6.59. The van der Waals surface area contributed by atoms with E-state index in [1.165, 1.54) is 40.3 Å². The van der Waals surface area contributed by atoms with Gasteiger partial charge in [0.05, 0.1) is 31.7 Å². The molecule has 0 spiro atoms. The first-order valence-electron chi connectivity index (χ1n) is 8.41. The van der Waals surface area contributed by atoms with Gasteiger partial charge in [-0.05, 0) is 17.7 Å². The molecule has 0 atom stereocenters. The predicted molar refractivity (Wildman–Crippen MR) is 122 cm³/mol. The van der Waals surface area contributed by atoms with Gasteiger partial charge in [-0.1, -0.05) is 12.1 Å². The van der Waals surface area contributed by atoms with E-state index in [0.29, 0.717) is 15.8 Å². The van der Waals surface area contributed by atoms with Crippen molar-refractivity contribution in [1.82, 2.24) is 9.97 Å². The third-order valence-electron chi connectivity index (χ3n) is 3.44. The summed E-state index contributed by atoms with van der Waals surface area (Å²) >= 11 is 2.50. The Morgan fingerprint density at radius 2 is 1.65 bits per heavy atom. The van der Waals surface area contributed by atoms with Crippen molar-refractivity contribution in [2.45, 2.75) is 6.54 Å². The molecule has 2 aromatic heterocycles. The second-order valence-electron chi connectivity index (χ2n) is 5.98. The van der Waals surface area contributed by atoms with E-state index < -0.39 is 26.0 Å². The molecule has 3 rings (SSSR count). The largest absolute Gasteiger partial charge is 0.465 e. The highest BCUT2D eigenvalue weighted by atomic mass is 32.2. The zero-order valence-electron chi connectivity index (χ0n) is 16.8. The van der Waals surface area contributed by atoms with Gasteiger partial charge in [0, 0.05) is 23.2 Å². The van der Waals surface area contributed by atoms with Gasteiger partial charge in [0.25, 0.3) is 0 Å². The van der Waals surface area contributed by atoms with E-state index >= 15 is 0 Å². The maximum Gasteiger partial charge on any atom is 0.337 e. The minimum atomic E-state index is -3.43. The minimum Gasteiger partial charge on any atom is -0.465 e. The molecule has 10 nitrogen and oxygen atoms in total. The molecule has 1 aromatic carbocycles. The van der Waals surface area contributed by atoms with Crippen LogP contribution < -0.4 is 9.03 Å². The monoisotopic (exact) mass is 504 g/mol. The van der Waals surface area contributed by atoms with Crippen LogP contribution in [0.2, 0.25) is 0 Å². The van der Waals surface area contributed by atoms with Crippen molar-refractivity contribution in [3.63, 3.8) is 0 Å². The maximum atomic E-state index is 11.9. The van der Waals surface area contributed by atoms with E-state index in [9.17, 15) is 21.6 Å². The van der Waals surface area contributed by atoms with Crippen LogP contribution in [0, 0.1) is 0 Å². The van der Waals surface area contributed by atoms with Crippen LogP contribution in [0.1, 0.15) is 15.9 Å². The fraction of sp³-hybridized carbons (Fsp3) is 0.235. The van der Waals surface area contributed by atoms with Crippen LogP contribution in [0.5, 0.6) is 0 Å². The first kappa shape index (κ1) is 24.7. The normalized spacial score (nSPS) is 11.2. The number of thiazole rings is 2. The molecule has 3 aromatic rings. The molecule has 0 aliphatic carbocycles. The van der Waals surface area contributed by atoms with Gasteiger partial charge in [0.15, 0.2) is 10.3 Å². The number of aromatic nitrogens is 2. The molecule has 2 heterocycles. The van der Waals surface area contributed by atoms with Crippen LogP contribution in [-0.2, 0) is 31.3 Å². The van der Waals surface area contributed by atoms with Crippen molar-refractivity contribution < 1.29 is 26.4 Å². The predicted octanol–water partition coefficient (Wildman–Crippen LogP) is 2.41. The van der Waals surface area contributed by atoms with Gasteiger partial charge >= 0.3 is 5.97 Å². The molecule has 0 saturated carbocycles. The molecule has 0 saturated heterocycles. The standard InChI is InChI=1S/C13H14N2O4S2.C4H6N2O2S2/c1-19-12(16)11-5-3-10(4-6-11)9-15(21(2,17)18)13-14-7-8-20-13;1-10(7,8)6-4-5-2-3-9-4/h3-8H,9H2,1-2H3;2-3H,1H3,(H,5,6). The number of nitrogens with one attached hydrogen (secondary N) is 1. The molecule has 0 unspecified atom stereocenters. The van der Waals surface area contributed by atoms with Gasteiger partial charge in [0.2, 0.25) is 20.0 Å². The lowest BCUT2D eigenvalue weighted by Crippen LogP contribution is -2.29. The number of carbonyl (C=O) groups is 1. The van der Waals surface area contributed by atoms with E-state index in [0.717, 1.165) is 18.1 Å². The Morgan fingerprint density at radius 1 is 1.03 bits per heavy atom. The van der Waals surface area contributed by atoms with Gasteiger partial charge in [0.1, 0.15) is 0 Å². The van der Waals surface area contributed by atoms with Crippen LogP contribution in [0.3, 0.4) is 0 Å². The molecular formula is C17H20N4O6S4. The average Bonchev–Trinajstić information content (AvgIpc) is 3.38. The molecule has 0 bridgehead atoms. The highest BCUT2D eigenvalue weighted by Crippen LogP contribution is 2.23. The number of hydrogen-bond donors (Lipinski definition) is 1. The zero-order chi connectivity index (χ0) is 23.1. The van der Waals surface area contributed by atoms with E-state index in [4.69, 9.17) is 0 Å². The van der Waals surface area contributed by atoms with Crippen LogP contribution in [0.15, 0.2) is 47.4 Å². The number of anilines is 2. The SMILES string of the molecule is COC(=O)c1ccc(CN(c2nccs2)S(C)(=O)=O)cc1.CS(=O)(=O)Nc1nccs1. The first-order valence-corrected chi connectivity index (χ1v) is 13.9. The zero-order valence-corrected chi connectivity index (χ0v) is 20.0. The highest BCUT2D eigenvalue weighted by Gasteiger charge is 2.20. The molecule has 0 aliphatic rings. The Labute approximate surface area is 188 Å². The van der Waals surface area contributed by atoms with E-state index in [2.05, 4.69) is 19.4 Å². The van der Waals surface area contributed by atoms with E-state index in [-0.39, 0.29) is 6.54 Å². The summed E-state index contributed by atoms with van der Waals surface area (Å²) in [6.07, 6.45) is 5.32. The number of carbonyl (C=O) groups excluding carboxylic acids is 1. The molecule has 0 aliphatic heterocycles. The van der Waals surface area contributed by atoms with Gasteiger partial charge in [-0.25, -0.2) is 35.9 Å². The third-order valence-corrected chi connectivity index (χ3v) is 6.83. The molecule has 31 heavy (non-hydrogen) atoms. The average molecular weight is 505 g/mol. The summed E-state index contributed by atoms with van der Waals surface area (Å²) in [4.78, 5) is 19.1. The van der Waals surface area contributed by atoms with E-state index in [1.807, 2.05) is 0 Å². The summed E-state index contributed by atoms with van der Waals surface area (Å²) in [5.41, 5.74) is 1.17. The number of hydrogen-bond acceptors (Lipinski definition) is 10. The van der Waals surface area contributed by atoms with E-state index in [1.54, 1.807) is 41.2 Å². The van der Waals surface area contributed by atoms with Gasteiger partial charge < -0.3 is 4.74 Å². The summed E-state index contributed by atoms with van der Waals surface area (Å²) in [5, 5.41) is 4.23. The second kappa shape index (κ2) is 10.7. The van der Waals surface area contributed by atoms with Crippen molar-refractivity contribution in [3.05, 3.63) is 58.5 Å². The first-order chi connectivity index (χ1) is 14.5. The van der Waals surface area contributed by atoms with Crippen molar-refractivity contribution in [2.24, 2.45) is 0 Å². The number of benzene rings is 1. The fourth-order valence-electron chi connectivity index (χ4n) is 2.13. The Balaban J connectivity index is 0.000000285. The molecule has 168 valence electrons. The molecular weight excluding hydrogens is 484 g/mol. The van der Waals surface area contributed by atoms with Gasteiger partial charge in [-0.2, -0.15) is 0 Å². The van der Waals surface area contributed by atoms with Crippen LogP contribution in [0.4, 0.5) is 10.3 Å². The summed E-state index contributed by atoms with van der Waals surface area (Å²) in [7, 11) is -5.27. The van der Waals surface area contributed by atoms with Crippen molar-refractivity contribution in [2.75, 3.05) is 28.6 Å². The van der Waals surface area contributed by atoms with Crippen molar-refractivity contribution >= 4 is 59.0 Å². The Kier molecular flexibility index (Phi) is 8.50. The lowest BCUT2D eigenvalue weighted by Gasteiger charge is -2.19. The summed E-state index contributed by atoms with van der Waals surface area (Å²) in [6.45, 7) is 0.161. The van der Waals surface area contributed by atoms with Crippen LogP contribution >= 0.6 is 22.7 Å². The molecule has 0 fully saturated rings. The number of esters is 1. The molecule has 1 N–H and O–H groups in total. The van der Waals surface area contributed by atoms with Crippen LogP contribution in [0.25, 0.3) is 0 Å². The maximum absolute atomic E-state index is 11.9. The minimum absolute atomic E-state index is 0.161. The van der Waals surface area contributed by atoms with Crippen LogP contribution in [-0.4, -0.2) is 52.4 Å². The van der Waals surface area contributed by atoms with Gasteiger partial charge in [-0.15, -0.1) is 22.7 Å². The number of nitrogens with zero attached hydrogens (tertiary/aromatic N) is 3. The fourth-order valence-corrected chi connectivity index (χ4v) is 5.31. The molecule has 0 radical (unpaired) electrons. The lowest BCUT2D eigenvalue weighted by molar-refractivity contribution is 0.0600. The molecule has 14 heteroatoms. The topological polar surface area (TPSA) is 136 Å². The molecule has 0 amide bonds. The van der Waals surface area contributed by atoms with Gasteiger partial charge in [-0.3, -0.25) is 4.72 Å². The number of methoxy groups -OCH3 is 1. The van der Waals surface area contributed by atoms with Crippen molar-refractivity contribution in [3.8, 4) is 0 Å². The number of ether oxygens (including phenoxy) is 1. The Bertz CT molecular complexity index is 1180. The third kappa shape index (κ3) is 8.24. The number of sulfonamides is 2. The smallest absolute Gasteiger partial charge is 0.337 e.